The van der Waals surface area contributed by atoms with Crippen LogP contribution in [-0.2, 0) is 0 Å². The number of hydrogen-bond acceptors (Lipinski definition) is 3. The second-order valence-corrected chi connectivity index (χ2v) is 5.14. The number of unbranched alkanes of at least 4 members (excludes halogenated alkanes) is 1. The van der Waals surface area contributed by atoms with Gasteiger partial charge in [0.25, 0.3) is 0 Å². The van der Waals surface area contributed by atoms with Gasteiger partial charge in [-0.1, -0.05) is 13.3 Å². The van der Waals surface area contributed by atoms with Crippen molar-refractivity contribution in [3.05, 3.63) is 28.2 Å². The Morgan fingerprint density at radius 2 is 2.11 bits per heavy atom. The van der Waals surface area contributed by atoms with Crippen molar-refractivity contribution in [2.75, 3.05) is 24.6 Å². The minimum absolute atomic E-state index is 0.0516. The minimum atomic E-state index is 0.0516. The van der Waals surface area contributed by atoms with Crippen LogP contribution in [0.25, 0.3) is 0 Å². The van der Waals surface area contributed by atoms with Crippen LogP contribution < -0.4 is 4.90 Å². The van der Waals surface area contributed by atoms with Crippen molar-refractivity contribution in [2.24, 2.45) is 0 Å². The van der Waals surface area contributed by atoms with Crippen LogP contribution in [-0.4, -0.2) is 30.6 Å². The van der Waals surface area contributed by atoms with Gasteiger partial charge in [0, 0.05) is 28.8 Å². The fourth-order valence-electron chi connectivity index (χ4n) is 1.83. The van der Waals surface area contributed by atoms with Crippen molar-refractivity contribution < 1.29 is 9.90 Å². The molecule has 0 aliphatic rings. The maximum Gasteiger partial charge on any atom is 0.160 e. The van der Waals surface area contributed by atoms with Gasteiger partial charge in [-0.3, -0.25) is 4.79 Å². The first-order valence-electron chi connectivity index (χ1n) is 6.26. The summed E-state index contributed by atoms with van der Waals surface area (Å²) in [5.74, 6) is 0.0516. The fraction of sp³-hybridized carbons (Fsp3) is 0.500. The smallest absolute Gasteiger partial charge is 0.160 e. The Hall–Kier alpha value is -0.870. The van der Waals surface area contributed by atoms with Crippen LogP contribution in [0.5, 0.6) is 0 Å². The first kappa shape index (κ1) is 15.2. The molecule has 0 saturated carbocycles. The first-order chi connectivity index (χ1) is 8.60. The Labute approximate surface area is 117 Å². The van der Waals surface area contributed by atoms with E-state index in [2.05, 4.69) is 27.8 Å². The molecule has 0 aliphatic carbocycles. The molecule has 18 heavy (non-hydrogen) atoms. The molecule has 1 aromatic rings. The van der Waals surface area contributed by atoms with E-state index in [9.17, 15) is 4.79 Å². The number of carbonyl (C=O) groups excluding carboxylic acids is 1. The molecule has 0 spiro atoms. The van der Waals surface area contributed by atoms with E-state index in [0.717, 1.165) is 29.5 Å². The maximum atomic E-state index is 11.4. The summed E-state index contributed by atoms with van der Waals surface area (Å²) in [6.07, 6.45) is 2.21. The van der Waals surface area contributed by atoms with E-state index < -0.39 is 0 Å². The number of hydrogen-bond donors (Lipinski definition) is 1. The normalized spacial score (nSPS) is 10.4. The van der Waals surface area contributed by atoms with Crippen molar-refractivity contribution >= 4 is 27.4 Å². The zero-order valence-corrected chi connectivity index (χ0v) is 12.5. The van der Waals surface area contributed by atoms with Crippen LogP contribution in [0, 0.1) is 0 Å². The maximum absolute atomic E-state index is 11.4. The highest BCUT2D eigenvalue weighted by molar-refractivity contribution is 9.10. The molecule has 0 radical (unpaired) electrons. The lowest BCUT2D eigenvalue weighted by molar-refractivity contribution is 0.101. The summed E-state index contributed by atoms with van der Waals surface area (Å²) < 4.78 is 0.812. The summed E-state index contributed by atoms with van der Waals surface area (Å²) in [7, 11) is 0. The Morgan fingerprint density at radius 1 is 1.39 bits per heavy atom. The lowest BCUT2D eigenvalue weighted by Crippen LogP contribution is -2.27. The van der Waals surface area contributed by atoms with Crippen molar-refractivity contribution in [1.82, 2.24) is 0 Å². The molecule has 0 amide bonds. The van der Waals surface area contributed by atoms with Gasteiger partial charge in [0.2, 0.25) is 0 Å². The molecule has 0 unspecified atom stereocenters. The molecule has 0 heterocycles. The van der Waals surface area contributed by atoms with Crippen LogP contribution >= 0.6 is 15.9 Å². The van der Waals surface area contributed by atoms with E-state index in [1.165, 1.54) is 0 Å². The standard InChI is InChI=1S/C14H20BrNO2/c1-3-4-7-16(8-9-17)12-5-6-13(11(2)18)14(15)10-12/h5-6,10,17H,3-4,7-9H2,1-2H3. The predicted molar refractivity (Wildman–Crippen MR) is 78.4 cm³/mol. The Morgan fingerprint density at radius 3 is 2.61 bits per heavy atom. The van der Waals surface area contributed by atoms with Crippen molar-refractivity contribution in [1.29, 1.82) is 0 Å². The van der Waals surface area contributed by atoms with Gasteiger partial charge in [-0.15, -0.1) is 0 Å². The van der Waals surface area contributed by atoms with E-state index in [4.69, 9.17) is 5.11 Å². The SMILES string of the molecule is CCCCN(CCO)c1ccc(C(C)=O)c(Br)c1. The summed E-state index contributed by atoms with van der Waals surface area (Å²) in [5, 5.41) is 9.10. The number of benzene rings is 1. The minimum Gasteiger partial charge on any atom is -0.395 e. The molecule has 1 rings (SSSR count). The van der Waals surface area contributed by atoms with E-state index in [-0.39, 0.29) is 12.4 Å². The number of ketones is 1. The fourth-order valence-corrected chi connectivity index (χ4v) is 2.47. The number of carbonyl (C=O) groups is 1. The number of Topliss-reactive ketones (excluding diaryl/α,β-unsaturated/α-hetero) is 1. The second-order valence-electron chi connectivity index (χ2n) is 4.28. The summed E-state index contributed by atoms with van der Waals surface area (Å²) in [5.41, 5.74) is 1.73. The summed E-state index contributed by atoms with van der Waals surface area (Å²) >= 11 is 3.43. The van der Waals surface area contributed by atoms with Gasteiger partial charge < -0.3 is 10.0 Å². The number of nitrogens with zero attached hydrogens (tertiary/aromatic N) is 1. The number of aliphatic hydroxyl groups excluding tert-OH is 1. The number of rotatable bonds is 7. The highest BCUT2D eigenvalue weighted by Gasteiger charge is 2.10. The molecule has 0 atom stereocenters. The van der Waals surface area contributed by atoms with Crippen molar-refractivity contribution in [3.63, 3.8) is 0 Å². The molecule has 0 aliphatic heterocycles. The van der Waals surface area contributed by atoms with E-state index in [1.807, 2.05) is 18.2 Å². The Balaban J connectivity index is 2.91. The molecular formula is C14H20BrNO2. The van der Waals surface area contributed by atoms with Crippen LogP contribution in [0.15, 0.2) is 22.7 Å². The van der Waals surface area contributed by atoms with Gasteiger partial charge in [-0.05, 0) is 47.5 Å². The molecule has 0 saturated heterocycles. The molecule has 0 fully saturated rings. The molecular weight excluding hydrogens is 294 g/mol. The van der Waals surface area contributed by atoms with Gasteiger partial charge in [0.05, 0.1) is 6.61 Å². The third-order valence-electron chi connectivity index (χ3n) is 2.85. The summed E-state index contributed by atoms with van der Waals surface area (Å²) in [4.78, 5) is 13.5. The molecule has 1 N–H and O–H groups in total. The Kier molecular flexibility index (Phi) is 6.36. The quantitative estimate of drug-likeness (QED) is 0.786. The molecule has 100 valence electrons. The van der Waals surface area contributed by atoms with Gasteiger partial charge in [-0.2, -0.15) is 0 Å². The lowest BCUT2D eigenvalue weighted by Gasteiger charge is -2.24. The molecule has 3 nitrogen and oxygen atoms in total. The van der Waals surface area contributed by atoms with E-state index >= 15 is 0 Å². The number of anilines is 1. The summed E-state index contributed by atoms with van der Waals surface area (Å²) in [6.45, 7) is 5.37. The molecule has 0 aromatic heterocycles. The molecule has 1 aromatic carbocycles. The number of aliphatic hydroxyl groups is 1. The zero-order chi connectivity index (χ0) is 13.5. The van der Waals surface area contributed by atoms with Crippen LogP contribution in [0.1, 0.15) is 37.0 Å². The monoisotopic (exact) mass is 313 g/mol. The van der Waals surface area contributed by atoms with E-state index in [0.29, 0.717) is 12.1 Å². The van der Waals surface area contributed by atoms with E-state index in [1.54, 1.807) is 6.92 Å². The summed E-state index contributed by atoms with van der Waals surface area (Å²) in [6, 6.07) is 5.72. The number of halogens is 1. The third kappa shape index (κ3) is 4.10. The van der Waals surface area contributed by atoms with Gasteiger partial charge in [0.1, 0.15) is 0 Å². The Bertz CT molecular complexity index is 407. The van der Waals surface area contributed by atoms with Gasteiger partial charge >= 0.3 is 0 Å². The van der Waals surface area contributed by atoms with Gasteiger partial charge in [-0.25, -0.2) is 0 Å². The highest BCUT2D eigenvalue weighted by Crippen LogP contribution is 2.24. The van der Waals surface area contributed by atoms with Crippen molar-refractivity contribution in [3.8, 4) is 0 Å². The average molecular weight is 314 g/mol. The average Bonchev–Trinajstić information content (AvgIpc) is 2.33. The third-order valence-corrected chi connectivity index (χ3v) is 3.50. The first-order valence-corrected chi connectivity index (χ1v) is 7.05. The molecule has 0 bridgehead atoms. The largest absolute Gasteiger partial charge is 0.395 e. The highest BCUT2D eigenvalue weighted by atomic mass is 79.9. The topological polar surface area (TPSA) is 40.5 Å². The van der Waals surface area contributed by atoms with Crippen LogP contribution in [0.3, 0.4) is 0 Å². The lowest BCUT2D eigenvalue weighted by atomic mass is 10.1. The van der Waals surface area contributed by atoms with Crippen molar-refractivity contribution in [2.45, 2.75) is 26.7 Å². The van der Waals surface area contributed by atoms with Crippen LogP contribution in [0.4, 0.5) is 5.69 Å². The predicted octanol–water partition coefficient (Wildman–Crippen LogP) is 3.25. The van der Waals surface area contributed by atoms with Gasteiger partial charge in [0.15, 0.2) is 5.78 Å². The molecule has 4 heteroatoms. The second kappa shape index (κ2) is 7.54. The zero-order valence-electron chi connectivity index (χ0n) is 10.9. The van der Waals surface area contributed by atoms with Crippen LogP contribution in [0.2, 0.25) is 0 Å².